The van der Waals surface area contributed by atoms with Crippen molar-refractivity contribution in [2.75, 3.05) is 37.6 Å². The first kappa shape index (κ1) is 22.5. The Bertz CT molecular complexity index is 1000. The zero-order valence-corrected chi connectivity index (χ0v) is 18.7. The molecule has 0 bridgehead atoms. The van der Waals surface area contributed by atoms with Crippen LogP contribution in [0.3, 0.4) is 0 Å². The summed E-state index contributed by atoms with van der Waals surface area (Å²) in [7, 11) is 0. The van der Waals surface area contributed by atoms with Gasteiger partial charge in [0.1, 0.15) is 17.4 Å². The van der Waals surface area contributed by atoms with E-state index in [-0.39, 0.29) is 24.3 Å². The van der Waals surface area contributed by atoms with Crippen molar-refractivity contribution in [1.29, 1.82) is 0 Å². The molecule has 8 heteroatoms. The Morgan fingerprint density at radius 1 is 1.12 bits per heavy atom. The lowest BCUT2D eigenvalue weighted by molar-refractivity contribution is -0.120. The summed E-state index contributed by atoms with van der Waals surface area (Å²) in [5.74, 6) is 0.969. The highest BCUT2D eigenvalue weighted by Crippen LogP contribution is 2.26. The van der Waals surface area contributed by atoms with Crippen LogP contribution in [0, 0.1) is 5.82 Å². The number of furan rings is 1. The largest absolute Gasteiger partial charge is 0.467 e. The van der Waals surface area contributed by atoms with Gasteiger partial charge < -0.3 is 4.42 Å². The smallest absolute Gasteiger partial charge is 0.243 e. The van der Waals surface area contributed by atoms with E-state index < -0.39 is 0 Å². The van der Waals surface area contributed by atoms with Crippen molar-refractivity contribution in [1.82, 2.24) is 14.8 Å². The fraction of sp³-hybridized carbons (Fsp3) is 0.333. The summed E-state index contributed by atoms with van der Waals surface area (Å²) in [6.07, 6.45) is 3.28. The van der Waals surface area contributed by atoms with E-state index in [0.717, 1.165) is 13.1 Å². The lowest BCUT2D eigenvalue weighted by atomic mass is 10.1. The van der Waals surface area contributed by atoms with Crippen LogP contribution in [-0.4, -0.2) is 53.4 Å². The number of halogens is 2. The summed E-state index contributed by atoms with van der Waals surface area (Å²) >= 11 is 6.17. The summed E-state index contributed by atoms with van der Waals surface area (Å²) in [6.45, 7) is 5.55. The molecule has 0 unspecified atom stereocenters. The van der Waals surface area contributed by atoms with E-state index in [1.807, 2.05) is 37.3 Å². The van der Waals surface area contributed by atoms with E-state index in [9.17, 15) is 9.18 Å². The van der Waals surface area contributed by atoms with E-state index in [1.165, 1.54) is 6.07 Å². The number of hydrogen-bond donors (Lipinski definition) is 0. The van der Waals surface area contributed by atoms with Gasteiger partial charge >= 0.3 is 0 Å². The molecule has 1 aliphatic heterocycles. The maximum atomic E-state index is 14.1. The number of rotatable bonds is 7. The van der Waals surface area contributed by atoms with Gasteiger partial charge in [-0.05, 0) is 43.3 Å². The zero-order valence-electron chi connectivity index (χ0n) is 18.0. The van der Waals surface area contributed by atoms with Crippen LogP contribution in [0.25, 0.3) is 0 Å². The average Bonchev–Trinajstić information content (AvgIpc) is 3.33. The molecule has 3 aromatic rings. The van der Waals surface area contributed by atoms with Crippen molar-refractivity contribution in [3.05, 3.63) is 83.2 Å². The van der Waals surface area contributed by atoms with E-state index >= 15 is 0 Å². The molecule has 0 N–H and O–H groups in total. The summed E-state index contributed by atoms with van der Waals surface area (Å²) in [4.78, 5) is 23.7. The molecular weight excluding hydrogens is 431 g/mol. The number of aromatic nitrogens is 1. The quantitative estimate of drug-likeness (QED) is 0.528. The van der Waals surface area contributed by atoms with Crippen molar-refractivity contribution in [3.8, 4) is 0 Å². The maximum absolute atomic E-state index is 14.1. The number of nitrogens with zero attached hydrogens (tertiary/aromatic N) is 4. The van der Waals surface area contributed by atoms with Gasteiger partial charge in [0.05, 0.1) is 18.8 Å². The fourth-order valence-corrected chi connectivity index (χ4v) is 4.20. The second-order valence-electron chi connectivity index (χ2n) is 7.90. The first-order chi connectivity index (χ1) is 15.5. The zero-order chi connectivity index (χ0) is 22.5. The molecule has 0 radical (unpaired) electrons. The number of benzene rings is 1. The van der Waals surface area contributed by atoms with Crippen LogP contribution in [0.5, 0.6) is 0 Å². The van der Waals surface area contributed by atoms with E-state index in [4.69, 9.17) is 16.0 Å². The molecule has 1 aliphatic rings. The molecule has 1 aromatic carbocycles. The van der Waals surface area contributed by atoms with Crippen molar-refractivity contribution in [2.24, 2.45) is 0 Å². The lowest BCUT2D eigenvalue weighted by Crippen LogP contribution is -2.50. The second-order valence-corrected chi connectivity index (χ2v) is 8.30. The molecule has 0 aliphatic carbocycles. The number of amides is 1. The van der Waals surface area contributed by atoms with Gasteiger partial charge in [0.2, 0.25) is 5.91 Å². The Morgan fingerprint density at radius 3 is 2.56 bits per heavy atom. The molecule has 6 nitrogen and oxygen atoms in total. The highest BCUT2D eigenvalue weighted by molar-refractivity contribution is 6.31. The Labute approximate surface area is 192 Å². The first-order valence-electron chi connectivity index (χ1n) is 10.7. The van der Waals surface area contributed by atoms with E-state index in [1.54, 1.807) is 29.5 Å². The summed E-state index contributed by atoms with van der Waals surface area (Å²) < 4.78 is 19.7. The minimum atomic E-state index is -0.284. The van der Waals surface area contributed by atoms with Crippen LogP contribution in [0.15, 0.2) is 65.4 Å². The van der Waals surface area contributed by atoms with Gasteiger partial charge in [-0.1, -0.05) is 23.7 Å². The molecule has 1 atom stereocenters. The van der Waals surface area contributed by atoms with Crippen LogP contribution in [-0.2, 0) is 11.3 Å². The van der Waals surface area contributed by atoms with Gasteiger partial charge in [0, 0.05) is 49.5 Å². The Kier molecular flexibility index (Phi) is 7.19. The molecule has 2 aromatic heterocycles. The number of piperazine rings is 1. The topological polar surface area (TPSA) is 52.8 Å². The van der Waals surface area contributed by atoms with Gasteiger partial charge in [0.15, 0.2) is 0 Å². The Hall–Kier alpha value is -2.74. The number of hydrogen-bond acceptors (Lipinski definition) is 5. The molecule has 3 heterocycles. The summed E-state index contributed by atoms with van der Waals surface area (Å²) in [6, 6.07) is 13.7. The highest BCUT2D eigenvalue weighted by Gasteiger charge is 2.28. The van der Waals surface area contributed by atoms with Gasteiger partial charge in [-0.2, -0.15) is 0 Å². The molecule has 168 valence electrons. The first-order valence-corrected chi connectivity index (χ1v) is 11.0. The van der Waals surface area contributed by atoms with Crippen molar-refractivity contribution >= 4 is 23.3 Å². The minimum Gasteiger partial charge on any atom is -0.467 e. The van der Waals surface area contributed by atoms with Crippen molar-refractivity contribution < 1.29 is 13.6 Å². The fourth-order valence-electron chi connectivity index (χ4n) is 3.97. The Morgan fingerprint density at radius 2 is 1.91 bits per heavy atom. The highest BCUT2D eigenvalue weighted by atomic mass is 35.5. The van der Waals surface area contributed by atoms with E-state index in [0.29, 0.717) is 41.8 Å². The minimum absolute atomic E-state index is 0.0433. The Balaban J connectivity index is 1.39. The number of carbonyl (C=O) groups excluding carboxylic acids is 1. The molecule has 32 heavy (non-hydrogen) atoms. The predicted octanol–water partition coefficient (Wildman–Crippen LogP) is 4.38. The van der Waals surface area contributed by atoms with Crippen LogP contribution in [0.1, 0.15) is 24.3 Å². The molecular formula is C24H26ClFN4O2. The van der Waals surface area contributed by atoms with Crippen LogP contribution in [0.4, 0.5) is 10.2 Å². The van der Waals surface area contributed by atoms with Gasteiger partial charge in [-0.3, -0.25) is 19.5 Å². The molecule has 1 saturated heterocycles. The van der Waals surface area contributed by atoms with E-state index in [2.05, 4.69) is 14.8 Å². The van der Waals surface area contributed by atoms with Crippen LogP contribution >= 0.6 is 11.6 Å². The third-order valence-electron chi connectivity index (χ3n) is 5.77. The third-order valence-corrected chi connectivity index (χ3v) is 6.13. The monoisotopic (exact) mass is 456 g/mol. The number of anilines is 1. The molecule has 1 amide bonds. The molecule has 1 fully saturated rings. The van der Waals surface area contributed by atoms with Gasteiger partial charge in [0.25, 0.3) is 0 Å². The second kappa shape index (κ2) is 10.3. The molecule has 0 spiro atoms. The van der Waals surface area contributed by atoms with Crippen molar-refractivity contribution in [2.45, 2.75) is 19.5 Å². The van der Waals surface area contributed by atoms with Crippen LogP contribution < -0.4 is 4.90 Å². The summed E-state index contributed by atoms with van der Waals surface area (Å²) in [5, 5.41) is 0.445. The molecule has 4 rings (SSSR count). The SMILES string of the molecule is C[C@H](c1ccco1)N(C(=O)CN1CCN(Cc2c(F)cccc2Cl)CC1)c1ccccn1. The maximum Gasteiger partial charge on any atom is 0.243 e. The summed E-state index contributed by atoms with van der Waals surface area (Å²) in [5.41, 5.74) is 0.521. The standard InChI is InChI=1S/C24H26ClFN4O2/c1-18(22-8-5-15-32-22)30(23-9-2-3-10-27-23)24(31)17-29-13-11-28(12-14-29)16-19-20(25)6-4-7-21(19)26/h2-10,15,18H,11-14,16-17H2,1H3/t18-/m1/s1. The van der Waals surface area contributed by atoms with Crippen molar-refractivity contribution in [3.63, 3.8) is 0 Å². The number of carbonyl (C=O) groups is 1. The van der Waals surface area contributed by atoms with Gasteiger partial charge in [-0.15, -0.1) is 0 Å². The normalized spacial score (nSPS) is 16.1. The number of pyridine rings is 1. The average molecular weight is 457 g/mol. The van der Waals surface area contributed by atoms with Gasteiger partial charge in [-0.25, -0.2) is 9.37 Å². The van der Waals surface area contributed by atoms with Crippen LogP contribution in [0.2, 0.25) is 5.02 Å². The lowest BCUT2D eigenvalue weighted by Gasteiger charge is -2.36. The predicted molar refractivity (Wildman–Crippen MR) is 122 cm³/mol. The third kappa shape index (κ3) is 5.18. The molecule has 0 saturated carbocycles.